The number of hydrogen-bond acceptors (Lipinski definition) is 4. The number of ether oxygens (including phenoxy) is 1. The maximum atomic E-state index is 11.9. The fraction of sp³-hybridized carbons (Fsp3) is 1.00. The van der Waals surface area contributed by atoms with Gasteiger partial charge in [-0.2, -0.15) is 0 Å². The van der Waals surface area contributed by atoms with Crippen LogP contribution in [0.3, 0.4) is 0 Å². The summed E-state index contributed by atoms with van der Waals surface area (Å²) < 4.78 is 29.1. The molecule has 1 aliphatic rings. The Kier molecular flexibility index (Phi) is 5.02. The van der Waals surface area contributed by atoms with E-state index in [4.69, 9.17) is 4.74 Å². The molecule has 0 amide bonds. The van der Waals surface area contributed by atoms with E-state index in [0.717, 1.165) is 19.4 Å². The second-order valence-electron chi connectivity index (χ2n) is 4.08. The first-order chi connectivity index (χ1) is 7.08. The summed E-state index contributed by atoms with van der Waals surface area (Å²) in [5, 5.41) is 2.74. The molecule has 0 aromatic heterocycles. The van der Waals surface area contributed by atoms with Crippen molar-refractivity contribution >= 4 is 9.84 Å². The fourth-order valence-corrected chi connectivity index (χ4v) is 3.97. The van der Waals surface area contributed by atoms with Crippen LogP contribution >= 0.6 is 0 Å². The van der Waals surface area contributed by atoms with E-state index in [-0.39, 0.29) is 11.4 Å². The average molecular weight is 235 g/mol. The maximum Gasteiger partial charge on any atom is 0.155 e. The van der Waals surface area contributed by atoms with E-state index >= 15 is 0 Å². The van der Waals surface area contributed by atoms with Gasteiger partial charge in [0, 0.05) is 6.61 Å². The van der Waals surface area contributed by atoms with Crippen molar-refractivity contribution in [2.75, 3.05) is 26.0 Å². The minimum Gasteiger partial charge on any atom is -0.377 e. The molecule has 5 heteroatoms. The quantitative estimate of drug-likeness (QED) is 0.684. The normalized spacial score (nSPS) is 27.1. The topological polar surface area (TPSA) is 55.4 Å². The van der Waals surface area contributed by atoms with E-state index in [1.165, 1.54) is 0 Å². The molecular weight excluding hydrogens is 214 g/mol. The van der Waals surface area contributed by atoms with Crippen molar-refractivity contribution in [3.05, 3.63) is 0 Å². The number of sulfone groups is 1. The van der Waals surface area contributed by atoms with Crippen LogP contribution in [0.1, 0.15) is 26.2 Å². The largest absolute Gasteiger partial charge is 0.377 e. The van der Waals surface area contributed by atoms with Crippen LogP contribution in [0, 0.1) is 0 Å². The van der Waals surface area contributed by atoms with Crippen molar-refractivity contribution in [2.45, 2.75) is 37.5 Å². The third kappa shape index (κ3) is 3.74. The summed E-state index contributed by atoms with van der Waals surface area (Å²) >= 11 is 0. The molecular formula is C10H21NO3S. The van der Waals surface area contributed by atoms with Gasteiger partial charge in [-0.25, -0.2) is 8.42 Å². The first kappa shape index (κ1) is 12.9. The van der Waals surface area contributed by atoms with E-state index in [1.807, 2.05) is 14.0 Å². The van der Waals surface area contributed by atoms with Crippen molar-refractivity contribution in [3.8, 4) is 0 Å². The van der Waals surface area contributed by atoms with Crippen LogP contribution in [0.15, 0.2) is 0 Å². The smallest absolute Gasteiger partial charge is 0.155 e. The zero-order valence-corrected chi connectivity index (χ0v) is 10.3. The summed E-state index contributed by atoms with van der Waals surface area (Å²) in [6.45, 7) is 3.32. The van der Waals surface area contributed by atoms with Crippen molar-refractivity contribution in [3.63, 3.8) is 0 Å². The lowest BCUT2D eigenvalue weighted by Crippen LogP contribution is -2.30. The highest BCUT2D eigenvalue weighted by Crippen LogP contribution is 2.22. The number of nitrogens with one attached hydrogen (secondary N) is 1. The van der Waals surface area contributed by atoms with Gasteiger partial charge >= 0.3 is 0 Å². The Hall–Kier alpha value is -0.130. The minimum atomic E-state index is -2.94. The summed E-state index contributed by atoms with van der Waals surface area (Å²) in [5.74, 6) is 0.299. The summed E-state index contributed by atoms with van der Waals surface area (Å²) in [6, 6.07) is 0. The lowest BCUT2D eigenvalue weighted by molar-refractivity contribution is 0.126. The zero-order valence-electron chi connectivity index (χ0n) is 9.53. The lowest BCUT2D eigenvalue weighted by Gasteiger charge is -2.14. The van der Waals surface area contributed by atoms with E-state index in [9.17, 15) is 8.42 Å². The van der Waals surface area contributed by atoms with Crippen LogP contribution in [0.4, 0.5) is 0 Å². The van der Waals surface area contributed by atoms with E-state index in [0.29, 0.717) is 18.8 Å². The number of rotatable bonds is 6. The first-order valence-corrected chi connectivity index (χ1v) is 7.27. The summed E-state index contributed by atoms with van der Waals surface area (Å²) in [5.41, 5.74) is 0. The molecule has 0 bridgehead atoms. The molecule has 0 radical (unpaired) electrons. The van der Waals surface area contributed by atoms with Crippen molar-refractivity contribution in [2.24, 2.45) is 0 Å². The molecule has 1 rings (SSSR count). The first-order valence-electron chi connectivity index (χ1n) is 5.55. The Morgan fingerprint density at radius 2 is 2.13 bits per heavy atom. The molecule has 1 fully saturated rings. The summed E-state index contributed by atoms with van der Waals surface area (Å²) in [4.78, 5) is 0. The average Bonchev–Trinajstić information content (AvgIpc) is 2.60. The van der Waals surface area contributed by atoms with Gasteiger partial charge in [0.15, 0.2) is 9.84 Å². The second-order valence-corrected chi connectivity index (χ2v) is 6.42. The maximum absolute atomic E-state index is 11.9. The fourth-order valence-electron chi connectivity index (χ4n) is 1.94. The van der Waals surface area contributed by atoms with E-state index in [1.54, 1.807) is 0 Å². The molecule has 1 N–H and O–H groups in total. The molecule has 0 saturated carbocycles. The highest BCUT2D eigenvalue weighted by Gasteiger charge is 2.34. The molecule has 1 heterocycles. The Bertz CT molecular complexity index is 276. The number of hydrogen-bond donors (Lipinski definition) is 1. The SMILES string of the molecule is CNCCCCS(=O)(=O)C1CCOC1C. The summed E-state index contributed by atoms with van der Waals surface area (Å²) in [6.07, 6.45) is 2.19. The van der Waals surface area contributed by atoms with Gasteiger partial charge in [0.05, 0.1) is 17.1 Å². The van der Waals surface area contributed by atoms with E-state index < -0.39 is 9.84 Å². The molecule has 2 unspecified atom stereocenters. The van der Waals surface area contributed by atoms with Crippen LogP contribution in [0.2, 0.25) is 0 Å². The van der Waals surface area contributed by atoms with Gasteiger partial charge in [-0.1, -0.05) is 0 Å². The Labute approximate surface area is 92.3 Å². The van der Waals surface area contributed by atoms with Gasteiger partial charge in [0.2, 0.25) is 0 Å². The van der Waals surface area contributed by atoms with Crippen LogP contribution < -0.4 is 5.32 Å². The van der Waals surface area contributed by atoms with Crippen molar-refractivity contribution in [1.29, 1.82) is 0 Å². The van der Waals surface area contributed by atoms with Gasteiger partial charge in [-0.15, -0.1) is 0 Å². The van der Waals surface area contributed by atoms with Crippen LogP contribution in [0.5, 0.6) is 0 Å². The predicted molar refractivity (Wildman–Crippen MR) is 60.8 cm³/mol. The molecule has 1 saturated heterocycles. The number of unbranched alkanes of at least 4 members (excludes halogenated alkanes) is 1. The molecule has 1 aliphatic heterocycles. The molecule has 15 heavy (non-hydrogen) atoms. The molecule has 0 spiro atoms. The zero-order chi connectivity index (χ0) is 11.3. The van der Waals surface area contributed by atoms with Crippen molar-refractivity contribution in [1.82, 2.24) is 5.32 Å². The standard InChI is InChI=1S/C10H21NO3S/c1-9-10(5-7-14-9)15(12,13)8-4-3-6-11-2/h9-11H,3-8H2,1-2H3. The lowest BCUT2D eigenvalue weighted by atomic mass is 10.3. The highest BCUT2D eigenvalue weighted by molar-refractivity contribution is 7.92. The molecule has 0 aliphatic carbocycles. The molecule has 0 aromatic rings. The molecule has 0 aromatic carbocycles. The molecule has 90 valence electrons. The highest BCUT2D eigenvalue weighted by atomic mass is 32.2. The van der Waals surface area contributed by atoms with Gasteiger partial charge in [-0.05, 0) is 39.8 Å². The Morgan fingerprint density at radius 3 is 2.67 bits per heavy atom. The van der Waals surface area contributed by atoms with Crippen LogP contribution in [0.25, 0.3) is 0 Å². The molecule has 2 atom stereocenters. The molecule has 4 nitrogen and oxygen atoms in total. The predicted octanol–water partition coefficient (Wildman–Crippen LogP) is 0.578. The van der Waals surface area contributed by atoms with Crippen LogP contribution in [-0.4, -0.2) is 45.7 Å². The van der Waals surface area contributed by atoms with Crippen LogP contribution in [-0.2, 0) is 14.6 Å². The van der Waals surface area contributed by atoms with Gasteiger partial charge in [0.25, 0.3) is 0 Å². The minimum absolute atomic E-state index is 0.126. The third-order valence-corrected chi connectivity index (χ3v) is 5.27. The Morgan fingerprint density at radius 1 is 1.40 bits per heavy atom. The van der Waals surface area contributed by atoms with Gasteiger partial charge in [-0.3, -0.25) is 0 Å². The van der Waals surface area contributed by atoms with Gasteiger partial charge < -0.3 is 10.1 Å². The second kappa shape index (κ2) is 5.82. The Balaban J connectivity index is 2.37. The van der Waals surface area contributed by atoms with Crippen molar-refractivity contribution < 1.29 is 13.2 Å². The third-order valence-electron chi connectivity index (χ3n) is 2.87. The van der Waals surface area contributed by atoms with E-state index in [2.05, 4.69) is 5.32 Å². The monoisotopic (exact) mass is 235 g/mol. The van der Waals surface area contributed by atoms with Gasteiger partial charge in [0.1, 0.15) is 0 Å². The summed E-state index contributed by atoms with van der Waals surface area (Å²) in [7, 11) is -1.07.